The number of halogens is 1. The van der Waals surface area contributed by atoms with Gasteiger partial charge in [0.05, 0.1) is 29.1 Å². The van der Waals surface area contributed by atoms with E-state index in [0.29, 0.717) is 16.9 Å². The summed E-state index contributed by atoms with van der Waals surface area (Å²) in [5.41, 5.74) is 0.839. The largest absolute Gasteiger partial charge is 0.360 e. The lowest BCUT2D eigenvalue weighted by molar-refractivity contribution is 0.527. The number of aromatic nitrogens is 5. The number of fused-ring (bicyclic) bond motifs is 1. The van der Waals surface area contributed by atoms with E-state index in [-0.39, 0.29) is 39.4 Å². The average molecular weight is 435 g/mol. The molecule has 11 heteroatoms. The third kappa shape index (κ3) is 3.69. The minimum atomic E-state index is -3.30. The lowest BCUT2D eigenvalue weighted by atomic mass is 10.3. The third-order valence-electron chi connectivity index (χ3n) is 5.06. The van der Waals surface area contributed by atoms with Crippen LogP contribution in [-0.2, 0) is 21.9 Å². The van der Waals surface area contributed by atoms with Gasteiger partial charge in [0, 0.05) is 11.7 Å². The number of rotatable bonds is 6. The Labute approximate surface area is 172 Å². The van der Waals surface area contributed by atoms with Crippen LogP contribution >= 0.6 is 11.6 Å². The average Bonchev–Trinajstić information content (AvgIpc) is 3.44. The lowest BCUT2D eigenvalue weighted by Crippen LogP contribution is -2.32. The molecule has 0 radical (unpaired) electrons. The molecular formula is C18H19ClN6O3S. The molecule has 0 spiro atoms. The Morgan fingerprint density at radius 1 is 1.21 bits per heavy atom. The van der Waals surface area contributed by atoms with E-state index in [1.807, 2.05) is 6.92 Å². The molecule has 9 nitrogen and oxygen atoms in total. The highest BCUT2D eigenvalue weighted by molar-refractivity contribution is 7.91. The molecule has 29 heavy (non-hydrogen) atoms. The molecule has 0 aliphatic heterocycles. The molecule has 1 N–H and O–H groups in total. The maximum absolute atomic E-state index is 13.1. The minimum Gasteiger partial charge on any atom is -0.360 e. The van der Waals surface area contributed by atoms with Crippen LogP contribution in [-0.4, -0.2) is 38.7 Å². The van der Waals surface area contributed by atoms with Crippen LogP contribution in [0.3, 0.4) is 0 Å². The van der Waals surface area contributed by atoms with Gasteiger partial charge in [0.2, 0.25) is 5.28 Å². The standard InChI is InChI=1S/C18H19ClN6O3S/c1-3-29(27,28)12-5-4-11(20-9-12)8-21-14-16(26)25(18(2)6-7-18)15-13(23-14)10-22-17(19)24-15/h4-5,9-10H,3,6-8H2,1-2H3,(H,21,23). The fourth-order valence-corrected chi connectivity index (χ4v) is 3.97. The van der Waals surface area contributed by atoms with Gasteiger partial charge in [-0.15, -0.1) is 0 Å². The molecular weight excluding hydrogens is 416 g/mol. The van der Waals surface area contributed by atoms with Crippen LogP contribution in [0.2, 0.25) is 5.28 Å². The maximum Gasteiger partial charge on any atom is 0.295 e. The molecule has 0 bridgehead atoms. The predicted molar refractivity (Wildman–Crippen MR) is 109 cm³/mol. The monoisotopic (exact) mass is 434 g/mol. The van der Waals surface area contributed by atoms with Crippen LogP contribution < -0.4 is 10.9 Å². The van der Waals surface area contributed by atoms with Gasteiger partial charge in [0.15, 0.2) is 21.3 Å². The Bertz CT molecular complexity index is 1250. The summed E-state index contributed by atoms with van der Waals surface area (Å²) in [5.74, 6) is 0.168. The molecule has 4 rings (SSSR count). The van der Waals surface area contributed by atoms with Crippen molar-refractivity contribution in [1.29, 1.82) is 0 Å². The zero-order chi connectivity index (χ0) is 20.8. The maximum atomic E-state index is 13.1. The van der Waals surface area contributed by atoms with Gasteiger partial charge in [-0.2, -0.15) is 4.98 Å². The van der Waals surface area contributed by atoms with E-state index < -0.39 is 9.84 Å². The highest BCUT2D eigenvalue weighted by atomic mass is 35.5. The molecule has 1 fully saturated rings. The van der Waals surface area contributed by atoms with Crippen LogP contribution in [0, 0.1) is 0 Å². The van der Waals surface area contributed by atoms with Crippen molar-refractivity contribution >= 4 is 38.4 Å². The molecule has 0 atom stereocenters. The highest BCUT2D eigenvalue weighted by Crippen LogP contribution is 2.43. The molecule has 0 unspecified atom stereocenters. The van der Waals surface area contributed by atoms with Gasteiger partial charge in [-0.05, 0) is 43.5 Å². The van der Waals surface area contributed by atoms with Gasteiger partial charge in [-0.25, -0.2) is 18.4 Å². The number of hydrogen-bond acceptors (Lipinski definition) is 8. The van der Waals surface area contributed by atoms with E-state index >= 15 is 0 Å². The molecule has 152 valence electrons. The van der Waals surface area contributed by atoms with Gasteiger partial charge in [-0.1, -0.05) is 6.92 Å². The Morgan fingerprint density at radius 3 is 2.59 bits per heavy atom. The van der Waals surface area contributed by atoms with E-state index in [4.69, 9.17) is 11.6 Å². The Hall–Kier alpha value is -2.59. The van der Waals surface area contributed by atoms with Crippen LogP contribution in [0.5, 0.6) is 0 Å². The van der Waals surface area contributed by atoms with Gasteiger partial charge >= 0.3 is 0 Å². The fraction of sp³-hybridized carbons (Fsp3) is 0.389. The molecule has 3 heterocycles. The van der Waals surface area contributed by atoms with E-state index in [0.717, 1.165) is 12.8 Å². The third-order valence-corrected chi connectivity index (χ3v) is 6.96. The van der Waals surface area contributed by atoms with E-state index in [1.54, 1.807) is 17.6 Å². The molecule has 1 aliphatic rings. The Balaban J connectivity index is 1.66. The summed E-state index contributed by atoms with van der Waals surface area (Å²) in [6.07, 6.45) is 4.53. The highest BCUT2D eigenvalue weighted by Gasteiger charge is 2.42. The number of hydrogen-bond donors (Lipinski definition) is 1. The van der Waals surface area contributed by atoms with E-state index in [9.17, 15) is 13.2 Å². The van der Waals surface area contributed by atoms with Crippen molar-refractivity contribution in [1.82, 2.24) is 24.5 Å². The number of anilines is 1. The molecule has 0 saturated heterocycles. The van der Waals surface area contributed by atoms with Crippen molar-refractivity contribution < 1.29 is 8.42 Å². The minimum absolute atomic E-state index is 0.0116. The van der Waals surface area contributed by atoms with Crippen LogP contribution in [0.15, 0.2) is 34.2 Å². The molecule has 1 saturated carbocycles. The van der Waals surface area contributed by atoms with E-state index in [2.05, 4.69) is 25.3 Å². The van der Waals surface area contributed by atoms with E-state index in [1.165, 1.54) is 18.5 Å². The zero-order valence-corrected chi connectivity index (χ0v) is 17.5. The Morgan fingerprint density at radius 2 is 1.97 bits per heavy atom. The number of nitrogens with one attached hydrogen (secondary N) is 1. The summed E-state index contributed by atoms with van der Waals surface area (Å²) < 4.78 is 25.4. The number of nitrogens with zero attached hydrogens (tertiary/aromatic N) is 5. The number of sulfone groups is 1. The second kappa shape index (κ2) is 7.03. The number of pyridine rings is 1. The smallest absolute Gasteiger partial charge is 0.295 e. The van der Waals surface area contributed by atoms with Crippen molar-refractivity contribution in [2.45, 2.75) is 43.7 Å². The second-order valence-corrected chi connectivity index (χ2v) is 9.80. The van der Waals surface area contributed by atoms with Crippen LogP contribution in [0.25, 0.3) is 11.2 Å². The molecule has 3 aromatic heterocycles. The summed E-state index contributed by atoms with van der Waals surface area (Å²) >= 11 is 5.92. The summed E-state index contributed by atoms with van der Waals surface area (Å²) in [5, 5.41) is 3.06. The van der Waals surface area contributed by atoms with Gasteiger partial charge in [-0.3, -0.25) is 14.3 Å². The molecule has 3 aromatic rings. The summed E-state index contributed by atoms with van der Waals surface area (Å²) in [4.78, 5) is 29.9. The van der Waals surface area contributed by atoms with Gasteiger partial charge in [0.1, 0.15) is 5.52 Å². The summed E-state index contributed by atoms with van der Waals surface area (Å²) in [6, 6.07) is 3.12. The van der Waals surface area contributed by atoms with Gasteiger partial charge < -0.3 is 5.32 Å². The fourth-order valence-electron chi connectivity index (χ4n) is 3.02. The second-order valence-electron chi connectivity index (χ2n) is 7.19. The lowest BCUT2D eigenvalue weighted by Gasteiger charge is -2.17. The quantitative estimate of drug-likeness (QED) is 0.586. The Kier molecular flexibility index (Phi) is 4.78. The summed E-state index contributed by atoms with van der Waals surface area (Å²) in [6.45, 7) is 3.78. The van der Waals surface area contributed by atoms with Crippen molar-refractivity contribution in [2.75, 3.05) is 11.1 Å². The van der Waals surface area contributed by atoms with Crippen molar-refractivity contribution in [3.8, 4) is 0 Å². The van der Waals surface area contributed by atoms with Crippen molar-refractivity contribution in [3.63, 3.8) is 0 Å². The van der Waals surface area contributed by atoms with Crippen LogP contribution in [0.1, 0.15) is 32.4 Å². The zero-order valence-electron chi connectivity index (χ0n) is 15.9. The van der Waals surface area contributed by atoms with Crippen molar-refractivity contribution in [2.24, 2.45) is 0 Å². The molecule has 0 amide bonds. The van der Waals surface area contributed by atoms with Crippen LogP contribution in [0.4, 0.5) is 5.82 Å². The topological polar surface area (TPSA) is 120 Å². The predicted octanol–water partition coefficient (Wildman–Crippen LogP) is 2.15. The first-order chi connectivity index (χ1) is 13.7. The molecule has 1 aliphatic carbocycles. The first-order valence-corrected chi connectivity index (χ1v) is 11.1. The normalized spacial score (nSPS) is 15.4. The first kappa shape index (κ1) is 19.7. The van der Waals surface area contributed by atoms with Gasteiger partial charge in [0.25, 0.3) is 5.56 Å². The molecule has 0 aromatic carbocycles. The van der Waals surface area contributed by atoms with Crippen molar-refractivity contribution in [3.05, 3.63) is 45.9 Å². The SMILES string of the molecule is CCS(=O)(=O)c1ccc(CNc2nc3cnc(Cl)nc3n(C3(C)CC3)c2=O)nc1. The first-order valence-electron chi connectivity index (χ1n) is 9.11. The summed E-state index contributed by atoms with van der Waals surface area (Å²) in [7, 11) is -3.30.